The summed E-state index contributed by atoms with van der Waals surface area (Å²) in [6, 6.07) is 14.9. The van der Waals surface area contributed by atoms with Crippen LogP contribution in [-0.4, -0.2) is 28.4 Å². The maximum absolute atomic E-state index is 13.1. The third-order valence-electron chi connectivity index (χ3n) is 4.69. The Bertz CT molecular complexity index is 1120. The molecule has 0 bridgehead atoms. The van der Waals surface area contributed by atoms with Gasteiger partial charge in [-0.3, -0.25) is 9.48 Å². The molecule has 0 atom stereocenters. The van der Waals surface area contributed by atoms with Gasteiger partial charge in [-0.1, -0.05) is 36.1 Å². The van der Waals surface area contributed by atoms with E-state index in [-0.39, 0.29) is 5.56 Å². The summed E-state index contributed by atoms with van der Waals surface area (Å²) in [5, 5.41) is 6.29. The summed E-state index contributed by atoms with van der Waals surface area (Å²) in [5.74, 6) is 5.54. The SMILES string of the molecule is COC(C)(C)C#Cc1ccc(-c2ccc(NC(=O)c3cn(C)nc3C(F)F)cc2)cc1. The number of alkyl halides is 2. The topological polar surface area (TPSA) is 56.1 Å². The lowest BCUT2D eigenvalue weighted by atomic mass is 10.0. The monoisotopic (exact) mass is 423 g/mol. The predicted octanol–water partition coefficient (Wildman–Crippen LogP) is 5.05. The molecule has 0 saturated heterocycles. The second-order valence-corrected chi connectivity index (χ2v) is 7.48. The zero-order valence-electron chi connectivity index (χ0n) is 17.7. The molecule has 0 aliphatic carbocycles. The molecule has 1 heterocycles. The average Bonchev–Trinajstić information content (AvgIpc) is 3.16. The number of aryl methyl sites for hydroxylation is 1. The Labute approximate surface area is 180 Å². The summed E-state index contributed by atoms with van der Waals surface area (Å²) >= 11 is 0. The molecule has 7 heteroatoms. The predicted molar refractivity (Wildman–Crippen MR) is 116 cm³/mol. The quantitative estimate of drug-likeness (QED) is 0.584. The van der Waals surface area contributed by atoms with Crippen LogP contribution in [0, 0.1) is 11.8 Å². The van der Waals surface area contributed by atoms with Crippen LogP contribution in [0.2, 0.25) is 0 Å². The molecule has 3 aromatic rings. The Kier molecular flexibility index (Phi) is 6.52. The number of rotatable bonds is 5. The van der Waals surface area contributed by atoms with Gasteiger partial charge in [0.1, 0.15) is 11.3 Å². The van der Waals surface area contributed by atoms with Gasteiger partial charge in [-0.05, 0) is 49.2 Å². The number of methoxy groups -OCH3 is 1. The van der Waals surface area contributed by atoms with Gasteiger partial charge in [-0.2, -0.15) is 5.10 Å². The summed E-state index contributed by atoms with van der Waals surface area (Å²) in [6.07, 6.45) is -1.54. The Morgan fingerprint density at radius 2 is 1.68 bits per heavy atom. The Morgan fingerprint density at radius 3 is 2.23 bits per heavy atom. The van der Waals surface area contributed by atoms with E-state index in [2.05, 4.69) is 22.3 Å². The molecule has 2 aromatic carbocycles. The van der Waals surface area contributed by atoms with Crippen molar-refractivity contribution in [1.82, 2.24) is 9.78 Å². The normalized spacial score (nSPS) is 11.2. The minimum atomic E-state index is -2.82. The molecule has 0 radical (unpaired) electrons. The van der Waals surface area contributed by atoms with Crippen LogP contribution in [0.5, 0.6) is 0 Å². The van der Waals surface area contributed by atoms with Crippen LogP contribution in [0.4, 0.5) is 14.5 Å². The summed E-state index contributed by atoms with van der Waals surface area (Å²) in [4.78, 5) is 12.4. The van der Waals surface area contributed by atoms with Crippen LogP contribution in [0.15, 0.2) is 54.7 Å². The number of nitrogens with one attached hydrogen (secondary N) is 1. The molecule has 0 unspecified atom stereocenters. The molecular weight excluding hydrogens is 400 g/mol. The van der Waals surface area contributed by atoms with E-state index in [0.717, 1.165) is 16.7 Å². The summed E-state index contributed by atoms with van der Waals surface area (Å²) < 4.78 is 32.6. The lowest BCUT2D eigenvalue weighted by Crippen LogP contribution is -2.19. The lowest BCUT2D eigenvalue weighted by molar-refractivity contribution is 0.0741. The van der Waals surface area contributed by atoms with Gasteiger partial charge in [0.15, 0.2) is 0 Å². The zero-order valence-corrected chi connectivity index (χ0v) is 17.7. The van der Waals surface area contributed by atoms with Gasteiger partial charge >= 0.3 is 0 Å². The van der Waals surface area contributed by atoms with E-state index in [1.54, 1.807) is 19.2 Å². The Hall–Kier alpha value is -3.50. The fourth-order valence-electron chi connectivity index (χ4n) is 2.81. The number of carbonyl (C=O) groups is 1. The van der Waals surface area contributed by atoms with Crippen molar-refractivity contribution < 1.29 is 18.3 Å². The first-order valence-electron chi connectivity index (χ1n) is 9.60. The van der Waals surface area contributed by atoms with Crippen LogP contribution in [0.25, 0.3) is 11.1 Å². The molecule has 1 amide bonds. The van der Waals surface area contributed by atoms with E-state index < -0.39 is 23.6 Å². The minimum Gasteiger partial charge on any atom is -0.366 e. The highest BCUT2D eigenvalue weighted by Crippen LogP contribution is 2.24. The number of hydrogen-bond donors (Lipinski definition) is 1. The highest BCUT2D eigenvalue weighted by Gasteiger charge is 2.22. The molecule has 0 fully saturated rings. The third kappa shape index (κ3) is 5.56. The van der Waals surface area contributed by atoms with Gasteiger partial charge in [0.05, 0.1) is 5.56 Å². The van der Waals surface area contributed by atoms with Gasteiger partial charge in [0.2, 0.25) is 0 Å². The molecule has 31 heavy (non-hydrogen) atoms. The number of amides is 1. The van der Waals surface area contributed by atoms with Crippen molar-refractivity contribution in [2.75, 3.05) is 12.4 Å². The molecule has 5 nitrogen and oxygen atoms in total. The number of halogens is 2. The molecule has 0 aliphatic rings. The van der Waals surface area contributed by atoms with Crippen molar-refractivity contribution >= 4 is 11.6 Å². The molecular formula is C24H23F2N3O2. The molecule has 160 valence electrons. The maximum atomic E-state index is 13.1. The van der Waals surface area contributed by atoms with Crippen molar-refractivity contribution in [1.29, 1.82) is 0 Å². The van der Waals surface area contributed by atoms with E-state index in [1.807, 2.05) is 50.2 Å². The van der Waals surface area contributed by atoms with Crippen molar-refractivity contribution in [3.8, 4) is 23.0 Å². The first kappa shape index (κ1) is 22.2. The summed E-state index contributed by atoms with van der Waals surface area (Å²) in [6.45, 7) is 3.80. The van der Waals surface area contributed by atoms with Crippen LogP contribution in [-0.2, 0) is 11.8 Å². The van der Waals surface area contributed by atoms with Crippen molar-refractivity contribution in [3.05, 3.63) is 71.5 Å². The molecule has 1 aromatic heterocycles. The highest BCUT2D eigenvalue weighted by molar-refractivity contribution is 6.05. The largest absolute Gasteiger partial charge is 0.366 e. The second-order valence-electron chi connectivity index (χ2n) is 7.48. The van der Waals surface area contributed by atoms with E-state index in [1.165, 1.54) is 17.9 Å². The molecule has 0 aliphatic heterocycles. The number of aromatic nitrogens is 2. The summed E-state index contributed by atoms with van der Waals surface area (Å²) in [5.41, 5.74) is 2.13. The average molecular weight is 423 g/mol. The molecule has 1 N–H and O–H groups in total. The zero-order chi connectivity index (χ0) is 22.6. The van der Waals surface area contributed by atoms with Gasteiger partial charge in [0.25, 0.3) is 12.3 Å². The number of hydrogen-bond acceptors (Lipinski definition) is 3. The van der Waals surface area contributed by atoms with Gasteiger partial charge in [-0.25, -0.2) is 8.78 Å². The van der Waals surface area contributed by atoms with Crippen LogP contribution < -0.4 is 5.32 Å². The second kappa shape index (κ2) is 9.11. The third-order valence-corrected chi connectivity index (χ3v) is 4.69. The summed E-state index contributed by atoms with van der Waals surface area (Å²) in [7, 11) is 3.12. The van der Waals surface area contributed by atoms with E-state index in [9.17, 15) is 13.6 Å². The molecule has 0 saturated carbocycles. The fraction of sp³-hybridized carbons (Fsp3) is 0.250. The van der Waals surface area contributed by atoms with E-state index in [0.29, 0.717) is 5.69 Å². The van der Waals surface area contributed by atoms with Crippen LogP contribution >= 0.6 is 0 Å². The smallest absolute Gasteiger partial charge is 0.282 e. The molecule has 0 spiro atoms. The van der Waals surface area contributed by atoms with Gasteiger partial charge in [0, 0.05) is 31.6 Å². The first-order valence-corrected chi connectivity index (χ1v) is 9.60. The van der Waals surface area contributed by atoms with E-state index in [4.69, 9.17) is 4.74 Å². The standard InChI is InChI=1S/C24H23F2N3O2/c1-24(2,31-4)14-13-16-5-7-17(8-6-16)18-9-11-19(12-10-18)27-23(30)20-15-29(3)28-21(20)22(25)26/h5-12,15,22H,1-4H3,(H,27,30). The number of benzene rings is 2. The Morgan fingerprint density at radius 1 is 1.10 bits per heavy atom. The fourth-order valence-corrected chi connectivity index (χ4v) is 2.81. The maximum Gasteiger partial charge on any atom is 0.282 e. The number of carbonyl (C=O) groups excluding carboxylic acids is 1. The van der Waals surface area contributed by atoms with Gasteiger partial charge < -0.3 is 10.1 Å². The van der Waals surface area contributed by atoms with Crippen LogP contribution in [0.3, 0.4) is 0 Å². The van der Waals surface area contributed by atoms with Crippen molar-refractivity contribution in [3.63, 3.8) is 0 Å². The van der Waals surface area contributed by atoms with Crippen LogP contribution in [0.1, 0.15) is 41.9 Å². The van der Waals surface area contributed by atoms with Crippen molar-refractivity contribution in [2.45, 2.75) is 25.9 Å². The molecule has 3 rings (SSSR count). The Balaban J connectivity index is 1.71. The number of ether oxygens (including phenoxy) is 1. The number of nitrogens with zero attached hydrogens (tertiary/aromatic N) is 2. The first-order chi connectivity index (χ1) is 14.7. The number of anilines is 1. The highest BCUT2D eigenvalue weighted by atomic mass is 19.3. The van der Waals surface area contributed by atoms with Crippen molar-refractivity contribution in [2.24, 2.45) is 7.05 Å². The minimum absolute atomic E-state index is 0.144. The van der Waals surface area contributed by atoms with Gasteiger partial charge in [-0.15, -0.1) is 0 Å². The lowest BCUT2D eigenvalue weighted by Gasteiger charge is -2.14. The van der Waals surface area contributed by atoms with E-state index >= 15 is 0 Å².